The second kappa shape index (κ2) is 12.4. The summed E-state index contributed by atoms with van der Waals surface area (Å²) in [6, 6.07) is 10.7. The van der Waals surface area contributed by atoms with Crippen LogP contribution in [0.4, 0.5) is 15.2 Å². The Labute approximate surface area is 240 Å². The molecule has 1 aliphatic carbocycles. The summed E-state index contributed by atoms with van der Waals surface area (Å²) in [5.74, 6) is -0.412. The van der Waals surface area contributed by atoms with E-state index in [-0.39, 0.29) is 55.9 Å². The molecule has 1 amide bonds. The number of para-hydroxylation sites is 1. The molecule has 2 aliphatic rings. The van der Waals surface area contributed by atoms with E-state index in [9.17, 15) is 14.0 Å². The third-order valence-electron chi connectivity index (χ3n) is 7.42. The standard InChI is InChI=1S/C28H30Cl2FN3O4S/c1-37-27(36)17-6-8-20(9-7-17)38-15-19-13-18(31)14-34(19)25(35)12-16-5-10-23(22(30)11-16)32-28-33-26-21(29)3-2-4-24(26)39-28/h2-5,10-11,17-20H,6-9,12-15H2,1H3,(H,32,33)/t17-,18-,19-,20-/m0/s1. The van der Waals surface area contributed by atoms with Gasteiger partial charge in [0.05, 0.1) is 65.2 Å². The Morgan fingerprint density at radius 1 is 1.15 bits per heavy atom. The Balaban J connectivity index is 1.16. The molecule has 208 valence electrons. The first-order valence-electron chi connectivity index (χ1n) is 13.0. The maximum atomic E-state index is 14.4. The fraction of sp³-hybridized carbons (Fsp3) is 0.464. The van der Waals surface area contributed by atoms with Crippen LogP contribution in [0.5, 0.6) is 0 Å². The van der Waals surface area contributed by atoms with Crippen LogP contribution in [0.2, 0.25) is 10.0 Å². The van der Waals surface area contributed by atoms with E-state index in [4.69, 9.17) is 32.7 Å². The summed E-state index contributed by atoms with van der Waals surface area (Å²) in [7, 11) is 1.41. The number of fused-ring (bicyclic) bond motifs is 1. The van der Waals surface area contributed by atoms with Gasteiger partial charge in [-0.05, 0) is 55.5 Å². The highest BCUT2D eigenvalue weighted by atomic mass is 35.5. The number of amides is 1. The Kier molecular flexibility index (Phi) is 8.91. The number of carbonyl (C=O) groups excluding carboxylic acids is 2. The number of hydrogen-bond donors (Lipinski definition) is 1. The number of nitrogens with one attached hydrogen (secondary N) is 1. The van der Waals surface area contributed by atoms with Crippen molar-refractivity contribution in [3.63, 3.8) is 0 Å². The predicted molar refractivity (Wildman–Crippen MR) is 152 cm³/mol. The molecule has 0 radical (unpaired) electrons. The number of esters is 1. The summed E-state index contributed by atoms with van der Waals surface area (Å²) in [6.07, 6.45) is 2.25. The zero-order chi connectivity index (χ0) is 27.5. The molecule has 2 aromatic carbocycles. The molecular formula is C28H30Cl2FN3O4S. The van der Waals surface area contributed by atoms with Crippen molar-refractivity contribution in [1.82, 2.24) is 9.88 Å². The smallest absolute Gasteiger partial charge is 0.308 e. The van der Waals surface area contributed by atoms with Crippen LogP contribution in [-0.4, -0.2) is 60.3 Å². The van der Waals surface area contributed by atoms with Gasteiger partial charge in [0.15, 0.2) is 5.13 Å². The van der Waals surface area contributed by atoms with Crippen LogP contribution in [0, 0.1) is 5.92 Å². The third-order valence-corrected chi connectivity index (χ3v) is 8.97. The van der Waals surface area contributed by atoms with Crippen LogP contribution in [-0.2, 0) is 25.5 Å². The maximum absolute atomic E-state index is 14.4. The zero-order valence-corrected chi connectivity index (χ0v) is 23.8. The van der Waals surface area contributed by atoms with Crippen LogP contribution < -0.4 is 5.32 Å². The van der Waals surface area contributed by atoms with E-state index in [2.05, 4.69) is 10.3 Å². The number of carbonyl (C=O) groups is 2. The van der Waals surface area contributed by atoms with E-state index in [0.29, 0.717) is 33.7 Å². The second-order valence-corrected chi connectivity index (χ2v) is 11.9. The monoisotopic (exact) mass is 593 g/mol. The van der Waals surface area contributed by atoms with Gasteiger partial charge >= 0.3 is 5.97 Å². The van der Waals surface area contributed by atoms with Gasteiger partial charge in [-0.3, -0.25) is 9.59 Å². The molecule has 1 saturated heterocycles. The number of nitrogens with zero attached hydrogens (tertiary/aromatic N) is 2. The highest BCUT2D eigenvalue weighted by Crippen LogP contribution is 2.35. The van der Waals surface area contributed by atoms with Crippen molar-refractivity contribution in [2.45, 2.75) is 56.8 Å². The number of benzene rings is 2. The number of hydrogen-bond acceptors (Lipinski definition) is 7. The first kappa shape index (κ1) is 28.1. The summed E-state index contributed by atoms with van der Waals surface area (Å²) < 4.78 is 26.2. The lowest BCUT2D eigenvalue weighted by molar-refractivity contribution is -0.148. The molecule has 5 rings (SSSR count). The minimum Gasteiger partial charge on any atom is -0.469 e. The van der Waals surface area contributed by atoms with Gasteiger partial charge in [0.1, 0.15) is 11.7 Å². The molecule has 1 saturated carbocycles. The molecule has 11 heteroatoms. The van der Waals surface area contributed by atoms with Crippen molar-refractivity contribution in [2.75, 3.05) is 25.6 Å². The number of rotatable bonds is 8. The van der Waals surface area contributed by atoms with E-state index in [1.165, 1.54) is 18.4 Å². The average molecular weight is 595 g/mol. The Morgan fingerprint density at radius 2 is 1.95 bits per heavy atom. The predicted octanol–water partition coefficient (Wildman–Crippen LogP) is 6.58. The fourth-order valence-corrected chi connectivity index (χ4v) is 6.76. The molecule has 39 heavy (non-hydrogen) atoms. The first-order valence-corrected chi connectivity index (χ1v) is 14.6. The van der Waals surface area contributed by atoms with E-state index in [0.717, 1.165) is 28.6 Å². The minimum atomic E-state index is -1.07. The van der Waals surface area contributed by atoms with Crippen molar-refractivity contribution in [2.24, 2.45) is 5.92 Å². The number of aromatic nitrogens is 1. The van der Waals surface area contributed by atoms with Crippen LogP contribution in [0.1, 0.15) is 37.7 Å². The molecule has 7 nitrogen and oxygen atoms in total. The summed E-state index contributed by atoms with van der Waals surface area (Å²) in [6.45, 7) is 0.352. The van der Waals surface area contributed by atoms with Crippen molar-refractivity contribution < 1.29 is 23.5 Å². The topological polar surface area (TPSA) is 80.8 Å². The fourth-order valence-electron chi connectivity index (χ4n) is 5.33. The highest BCUT2D eigenvalue weighted by molar-refractivity contribution is 7.22. The summed E-state index contributed by atoms with van der Waals surface area (Å²) in [5, 5.41) is 4.93. The van der Waals surface area contributed by atoms with Gasteiger partial charge in [-0.25, -0.2) is 9.37 Å². The third kappa shape index (κ3) is 6.65. The summed E-state index contributed by atoms with van der Waals surface area (Å²) in [5.41, 5.74) is 2.14. The van der Waals surface area contributed by atoms with Crippen molar-refractivity contribution in [3.05, 3.63) is 52.0 Å². The normalized spacial score (nSPS) is 23.2. The summed E-state index contributed by atoms with van der Waals surface area (Å²) in [4.78, 5) is 31.0. The number of thiazole rings is 1. The number of alkyl halides is 1. The molecular weight excluding hydrogens is 564 g/mol. The largest absolute Gasteiger partial charge is 0.469 e. The molecule has 2 atom stereocenters. The van der Waals surface area contributed by atoms with Gasteiger partial charge in [0.2, 0.25) is 5.91 Å². The number of methoxy groups -OCH3 is 1. The average Bonchev–Trinajstić information content (AvgIpc) is 3.52. The highest BCUT2D eigenvalue weighted by Gasteiger charge is 2.36. The lowest BCUT2D eigenvalue weighted by atomic mass is 9.87. The van der Waals surface area contributed by atoms with E-state index in [1.807, 2.05) is 24.3 Å². The van der Waals surface area contributed by atoms with E-state index in [1.54, 1.807) is 17.0 Å². The number of likely N-dealkylation sites (tertiary alicyclic amines) is 1. The molecule has 1 N–H and O–H groups in total. The molecule has 3 aromatic rings. The molecule has 1 aromatic heterocycles. The molecule has 1 aliphatic heterocycles. The van der Waals surface area contributed by atoms with Gasteiger partial charge in [0, 0.05) is 6.42 Å². The maximum Gasteiger partial charge on any atom is 0.308 e. The quantitative estimate of drug-likeness (QED) is 0.297. The van der Waals surface area contributed by atoms with Gasteiger partial charge in [-0.15, -0.1) is 0 Å². The molecule has 0 unspecified atom stereocenters. The SMILES string of the molecule is COC(=O)[C@H]1CC[C@H](OC[C@@H]2C[C@H](F)CN2C(=O)Cc2ccc(Nc3nc4c(Cl)cccc4s3)c(Cl)c2)CC1. The Hall–Kier alpha value is -2.46. The van der Waals surface area contributed by atoms with Crippen LogP contribution in [0.25, 0.3) is 10.2 Å². The van der Waals surface area contributed by atoms with Crippen LogP contribution in [0.15, 0.2) is 36.4 Å². The molecule has 0 bridgehead atoms. The second-order valence-electron chi connectivity index (χ2n) is 10.1. The minimum absolute atomic E-state index is 0.00632. The first-order chi connectivity index (χ1) is 18.8. The molecule has 2 fully saturated rings. The number of ether oxygens (including phenoxy) is 2. The Morgan fingerprint density at radius 3 is 2.67 bits per heavy atom. The van der Waals surface area contributed by atoms with Crippen LogP contribution >= 0.6 is 34.5 Å². The van der Waals surface area contributed by atoms with E-state index < -0.39 is 6.17 Å². The zero-order valence-electron chi connectivity index (χ0n) is 21.5. The molecule has 2 heterocycles. The van der Waals surface area contributed by atoms with Crippen molar-refractivity contribution >= 4 is 67.5 Å². The summed E-state index contributed by atoms with van der Waals surface area (Å²) >= 11 is 14.2. The number of anilines is 2. The Bertz CT molecular complexity index is 1350. The van der Waals surface area contributed by atoms with Crippen molar-refractivity contribution in [3.8, 4) is 0 Å². The van der Waals surface area contributed by atoms with E-state index >= 15 is 0 Å². The molecule has 0 spiro atoms. The lowest BCUT2D eigenvalue weighted by Crippen LogP contribution is -2.40. The lowest BCUT2D eigenvalue weighted by Gasteiger charge is -2.30. The van der Waals surface area contributed by atoms with Gasteiger partial charge in [0.25, 0.3) is 0 Å². The van der Waals surface area contributed by atoms with Crippen molar-refractivity contribution in [1.29, 1.82) is 0 Å². The van der Waals surface area contributed by atoms with Gasteiger partial charge in [-0.2, -0.15) is 0 Å². The van der Waals surface area contributed by atoms with Gasteiger partial charge in [-0.1, -0.05) is 46.7 Å². The van der Waals surface area contributed by atoms with Gasteiger partial charge < -0.3 is 19.7 Å². The van der Waals surface area contributed by atoms with Crippen LogP contribution in [0.3, 0.4) is 0 Å². The number of halogens is 3.